The first-order chi connectivity index (χ1) is 4.43. The molecule has 0 saturated carbocycles. The van der Waals surface area contributed by atoms with Gasteiger partial charge in [-0.25, -0.2) is 0 Å². The molecule has 0 unspecified atom stereocenters. The zero-order chi connectivity index (χ0) is 6.53. The monoisotopic (exact) mass is 120 g/mol. The van der Waals surface area contributed by atoms with Crippen LogP contribution in [0.1, 0.15) is 12.1 Å². The van der Waals surface area contributed by atoms with Crippen molar-refractivity contribution in [2.75, 3.05) is 0 Å². The SMILES string of the molecule is [CH2]CC=Cc1ccc[nH]1. The third kappa shape index (κ3) is 1.76. The summed E-state index contributed by atoms with van der Waals surface area (Å²) >= 11 is 0. The van der Waals surface area contributed by atoms with Gasteiger partial charge in [-0.1, -0.05) is 6.08 Å². The summed E-state index contributed by atoms with van der Waals surface area (Å²) in [6, 6.07) is 3.99. The van der Waals surface area contributed by atoms with Crippen LogP contribution in [0.4, 0.5) is 0 Å². The van der Waals surface area contributed by atoms with Crippen LogP contribution in [0.2, 0.25) is 0 Å². The van der Waals surface area contributed by atoms with Crippen LogP contribution in [0, 0.1) is 6.92 Å². The number of allylic oxidation sites excluding steroid dienone is 1. The van der Waals surface area contributed by atoms with E-state index in [4.69, 9.17) is 0 Å². The fraction of sp³-hybridized carbons (Fsp3) is 0.125. The number of aromatic nitrogens is 1. The summed E-state index contributed by atoms with van der Waals surface area (Å²) in [4.78, 5) is 3.06. The van der Waals surface area contributed by atoms with Crippen LogP contribution in [0.3, 0.4) is 0 Å². The molecule has 1 aromatic heterocycles. The molecule has 0 aromatic carbocycles. The number of H-pyrrole nitrogens is 1. The lowest BCUT2D eigenvalue weighted by Crippen LogP contribution is -1.65. The van der Waals surface area contributed by atoms with Gasteiger partial charge >= 0.3 is 0 Å². The van der Waals surface area contributed by atoms with Crippen molar-refractivity contribution >= 4 is 6.08 Å². The Balaban J connectivity index is 2.57. The molecule has 0 saturated heterocycles. The summed E-state index contributed by atoms with van der Waals surface area (Å²) in [6.07, 6.45) is 6.79. The molecule has 0 spiro atoms. The zero-order valence-corrected chi connectivity index (χ0v) is 5.30. The Kier molecular flexibility index (Phi) is 2.13. The largest absolute Gasteiger partial charge is 0.362 e. The van der Waals surface area contributed by atoms with Gasteiger partial charge in [0, 0.05) is 11.9 Å². The van der Waals surface area contributed by atoms with E-state index in [-0.39, 0.29) is 0 Å². The molecule has 1 heteroatoms. The molecule has 1 N–H and O–H groups in total. The molecule has 9 heavy (non-hydrogen) atoms. The van der Waals surface area contributed by atoms with Gasteiger partial charge in [0.1, 0.15) is 0 Å². The van der Waals surface area contributed by atoms with Crippen LogP contribution < -0.4 is 0 Å². The van der Waals surface area contributed by atoms with Crippen LogP contribution in [0.25, 0.3) is 6.08 Å². The summed E-state index contributed by atoms with van der Waals surface area (Å²) in [6.45, 7) is 3.68. The highest BCUT2D eigenvalue weighted by Crippen LogP contribution is 1.97. The van der Waals surface area contributed by atoms with Crippen LogP contribution in [0.5, 0.6) is 0 Å². The molecular formula is C8H10N. The van der Waals surface area contributed by atoms with Gasteiger partial charge in [-0.15, -0.1) is 0 Å². The first kappa shape index (κ1) is 6.14. The minimum absolute atomic E-state index is 0.846. The Morgan fingerprint density at radius 2 is 2.56 bits per heavy atom. The Morgan fingerprint density at radius 3 is 3.11 bits per heavy atom. The Labute approximate surface area is 55.4 Å². The number of aromatic amines is 1. The molecule has 0 aliphatic heterocycles. The highest BCUT2D eigenvalue weighted by atomic mass is 14.7. The van der Waals surface area contributed by atoms with Gasteiger partial charge in [0.05, 0.1) is 0 Å². The third-order valence-corrected chi connectivity index (χ3v) is 1.09. The molecule has 0 atom stereocenters. The second-order valence-corrected chi connectivity index (χ2v) is 1.82. The minimum Gasteiger partial charge on any atom is -0.362 e. The van der Waals surface area contributed by atoms with Crippen molar-refractivity contribution in [2.45, 2.75) is 6.42 Å². The first-order valence-corrected chi connectivity index (χ1v) is 3.02. The fourth-order valence-corrected chi connectivity index (χ4v) is 0.658. The van der Waals surface area contributed by atoms with Crippen LogP contribution in [0.15, 0.2) is 24.4 Å². The van der Waals surface area contributed by atoms with Crippen molar-refractivity contribution in [3.05, 3.63) is 37.0 Å². The maximum Gasteiger partial charge on any atom is 0.0377 e. The molecule has 0 aliphatic carbocycles. The number of hydrogen-bond acceptors (Lipinski definition) is 0. The van der Waals surface area contributed by atoms with E-state index in [1.807, 2.05) is 30.5 Å². The van der Waals surface area contributed by atoms with E-state index in [9.17, 15) is 0 Å². The van der Waals surface area contributed by atoms with E-state index < -0.39 is 0 Å². The van der Waals surface area contributed by atoms with E-state index in [2.05, 4.69) is 11.9 Å². The zero-order valence-electron chi connectivity index (χ0n) is 5.30. The Bertz CT molecular complexity index is 172. The van der Waals surface area contributed by atoms with E-state index in [0.29, 0.717) is 0 Å². The molecule has 0 bridgehead atoms. The molecule has 1 nitrogen and oxygen atoms in total. The van der Waals surface area contributed by atoms with Gasteiger partial charge in [-0.05, 0) is 31.6 Å². The molecule has 47 valence electrons. The van der Waals surface area contributed by atoms with Crippen molar-refractivity contribution < 1.29 is 0 Å². The van der Waals surface area contributed by atoms with Crippen LogP contribution in [-0.4, -0.2) is 4.98 Å². The van der Waals surface area contributed by atoms with Crippen LogP contribution in [-0.2, 0) is 0 Å². The normalized spacial score (nSPS) is 10.8. The van der Waals surface area contributed by atoms with Crippen LogP contribution >= 0.6 is 0 Å². The topological polar surface area (TPSA) is 15.8 Å². The highest BCUT2D eigenvalue weighted by Gasteiger charge is 1.79. The lowest BCUT2D eigenvalue weighted by Gasteiger charge is -1.80. The number of rotatable bonds is 2. The summed E-state index contributed by atoms with van der Waals surface area (Å²) in [5.74, 6) is 0. The Morgan fingerprint density at radius 1 is 1.67 bits per heavy atom. The lowest BCUT2D eigenvalue weighted by atomic mass is 10.3. The fourth-order valence-electron chi connectivity index (χ4n) is 0.658. The molecule has 1 heterocycles. The van der Waals surface area contributed by atoms with Gasteiger partial charge in [0.2, 0.25) is 0 Å². The predicted molar refractivity (Wildman–Crippen MR) is 39.8 cm³/mol. The third-order valence-electron chi connectivity index (χ3n) is 1.09. The highest BCUT2D eigenvalue weighted by molar-refractivity contribution is 5.44. The van der Waals surface area contributed by atoms with Gasteiger partial charge < -0.3 is 4.98 Å². The van der Waals surface area contributed by atoms with Gasteiger partial charge in [-0.3, -0.25) is 0 Å². The lowest BCUT2D eigenvalue weighted by molar-refractivity contribution is 1.35. The second kappa shape index (κ2) is 3.13. The maximum atomic E-state index is 3.68. The molecule has 1 rings (SSSR count). The average molecular weight is 120 g/mol. The quantitative estimate of drug-likeness (QED) is 0.616. The minimum atomic E-state index is 0.846. The van der Waals surface area contributed by atoms with E-state index in [1.165, 1.54) is 0 Å². The molecule has 0 fully saturated rings. The summed E-state index contributed by atoms with van der Waals surface area (Å²) in [5, 5.41) is 0. The molecule has 0 aliphatic rings. The average Bonchev–Trinajstić information content (AvgIpc) is 2.34. The van der Waals surface area contributed by atoms with E-state index in [1.54, 1.807) is 0 Å². The Hall–Kier alpha value is -0.980. The van der Waals surface area contributed by atoms with Crippen molar-refractivity contribution in [3.63, 3.8) is 0 Å². The number of nitrogens with one attached hydrogen (secondary N) is 1. The smallest absolute Gasteiger partial charge is 0.0377 e. The maximum absolute atomic E-state index is 3.68. The van der Waals surface area contributed by atoms with Gasteiger partial charge in [0.15, 0.2) is 0 Å². The van der Waals surface area contributed by atoms with E-state index in [0.717, 1.165) is 12.1 Å². The van der Waals surface area contributed by atoms with Gasteiger partial charge in [0.25, 0.3) is 0 Å². The standard InChI is InChI=1S/C8H10N/c1-2-3-5-8-6-4-7-9-8/h3-7,9H,1-2H2. The predicted octanol–water partition coefficient (Wildman–Crippen LogP) is 2.25. The van der Waals surface area contributed by atoms with Crippen molar-refractivity contribution in [1.82, 2.24) is 4.98 Å². The summed E-state index contributed by atoms with van der Waals surface area (Å²) < 4.78 is 0. The molecular weight excluding hydrogens is 110 g/mol. The van der Waals surface area contributed by atoms with Crippen molar-refractivity contribution in [2.24, 2.45) is 0 Å². The molecule has 0 amide bonds. The first-order valence-electron chi connectivity index (χ1n) is 3.02. The van der Waals surface area contributed by atoms with Crippen molar-refractivity contribution in [1.29, 1.82) is 0 Å². The molecule has 1 aromatic rings. The second-order valence-electron chi connectivity index (χ2n) is 1.82. The molecule has 1 radical (unpaired) electrons. The van der Waals surface area contributed by atoms with Crippen molar-refractivity contribution in [3.8, 4) is 0 Å². The summed E-state index contributed by atoms with van der Waals surface area (Å²) in [5.41, 5.74) is 1.14. The summed E-state index contributed by atoms with van der Waals surface area (Å²) in [7, 11) is 0. The number of hydrogen-bond donors (Lipinski definition) is 1. The van der Waals surface area contributed by atoms with E-state index >= 15 is 0 Å². The van der Waals surface area contributed by atoms with Gasteiger partial charge in [-0.2, -0.15) is 0 Å².